The van der Waals surface area contributed by atoms with Crippen molar-refractivity contribution in [3.8, 4) is 11.5 Å². The number of hydrogen-bond acceptors (Lipinski definition) is 4. The lowest BCUT2D eigenvalue weighted by Crippen LogP contribution is -2.40. The van der Waals surface area contributed by atoms with E-state index in [9.17, 15) is 0 Å². The Morgan fingerprint density at radius 2 is 2.05 bits per heavy atom. The van der Waals surface area contributed by atoms with Gasteiger partial charge in [-0.3, -0.25) is 4.99 Å². The van der Waals surface area contributed by atoms with Gasteiger partial charge in [-0.05, 0) is 19.1 Å². The van der Waals surface area contributed by atoms with Gasteiger partial charge in [-0.2, -0.15) is 0 Å². The topological polar surface area (TPSA) is 55.3 Å². The number of methoxy groups -OCH3 is 2. The number of hydrogen-bond donors (Lipinski definition) is 1. The molecule has 0 spiro atoms. The lowest BCUT2D eigenvalue weighted by atomic mass is 10.2. The molecule has 0 bridgehead atoms. The molecule has 0 saturated heterocycles. The highest BCUT2D eigenvalue weighted by molar-refractivity contribution is 5.79. The molecule has 0 radical (unpaired) electrons. The van der Waals surface area contributed by atoms with E-state index in [4.69, 9.17) is 14.2 Å². The van der Waals surface area contributed by atoms with Gasteiger partial charge in [0.25, 0.3) is 0 Å². The van der Waals surface area contributed by atoms with E-state index in [-0.39, 0.29) is 0 Å². The second kappa shape index (κ2) is 9.89. The summed E-state index contributed by atoms with van der Waals surface area (Å²) in [6.07, 6.45) is 0. The molecule has 1 aromatic rings. The number of aliphatic imine (C=N–C) groups is 1. The molecule has 6 heteroatoms. The van der Waals surface area contributed by atoms with E-state index in [2.05, 4.69) is 10.3 Å². The van der Waals surface area contributed by atoms with Crippen LogP contribution in [0, 0.1) is 0 Å². The molecule has 124 valence electrons. The molecule has 1 aromatic carbocycles. The minimum Gasteiger partial charge on any atom is -0.497 e. The molecular formula is C16H27N3O3. The average Bonchev–Trinajstić information content (AvgIpc) is 2.55. The first kappa shape index (κ1) is 18.1. The van der Waals surface area contributed by atoms with Crippen LogP contribution in [0.1, 0.15) is 12.5 Å². The van der Waals surface area contributed by atoms with Crippen molar-refractivity contribution in [1.82, 2.24) is 10.2 Å². The molecule has 1 N–H and O–H groups in total. The van der Waals surface area contributed by atoms with Gasteiger partial charge in [-0.1, -0.05) is 0 Å². The lowest BCUT2D eigenvalue weighted by molar-refractivity contribution is 0.152. The molecule has 1 rings (SSSR count). The summed E-state index contributed by atoms with van der Waals surface area (Å²) in [5.41, 5.74) is 1.07. The first-order chi connectivity index (χ1) is 10.7. The summed E-state index contributed by atoms with van der Waals surface area (Å²) in [6.45, 7) is 4.78. The van der Waals surface area contributed by atoms with Crippen LogP contribution < -0.4 is 14.8 Å². The third kappa shape index (κ3) is 5.44. The van der Waals surface area contributed by atoms with Crippen LogP contribution in [-0.2, 0) is 11.3 Å². The molecule has 6 nitrogen and oxygen atoms in total. The fourth-order valence-electron chi connectivity index (χ4n) is 2.08. The number of ether oxygens (including phenoxy) is 3. The van der Waals surface area contributed by atoms with Crippen LogP contribution in [-0.4, -0.2) is 58.9 Å². The lowest BCUT2D eigenvalue weighted by Gasteiger charge is -2.23. The third-order valence-corrected chi connectivity index (χ3v) is 3.21. The maximum absolute atomic E-state index is 5.43. The first-order valence-corrected chi connectivity index (χ1v) is 7.36. The number of nitrogens with zero attached hydrogens (tertiary/aromatic N) is 2. The number of nitrogens with one attached hydrogen (secondary N) is 1. The van der Waals surface area contributed by atoms with Crippen LogP contribution in [0.3, 0.4) is 0 Å². The Morgan fingerprint density at radius 1 is 1.27 bits per heavy atom. The zero-order valence-electron chi connectivity index (χ0n) is 14.2. The Bertz CT molecular complexity index is 478. The maximum Gasteiger partial charge on any atom is 0.193 e. The van der Waals surface area contributed by atoms with Crippen molar-refractivity contribution in [3.05, 3.63) is 23.8 Å². The largest absolute Gasteiger partial charge is 0.497 e. The molecule has 0 aliphatic carbocycles. The summed E-state index contributed by atoms with van der Waals surface area (Å²) in [5, 5.41) is 3.27. The Balaban J connectivity index is 2.67. The van der Waals surface area contributed by atoms with Crippen molar-refractivity contribution >= 4 is 5.96 Å². The van der Waals surface area contributed by atoms with E-state index in [1.54, 1.807) is 21.3 Å². The zero-order chi connectivity index (χ0) is 16.4. The normalized spacial score (nSPS) is 11.2. The summed E-state index contributed by atoms with van der Waals surface area (Å²) in [7, 11) is 7.06. The summed E-state index contributed by atoms with van der Waals surface area (Å²) in [4.78, 5) is 6.32. The molecule has 0 aromatic heterocycles. The average molecular weight is 309 g/mol. The summed E-state index contributed by atoms with van der Waals surface area (Å²) in [5.74, 6) is 2.40. The Labute approximate surface area is 133 Å². The van der Waals surface area contributed by atoms with Crippen LogP contribution in [0.5, 0.6) is 11.5 Å². The molecule has 0 unspecified atom stereocenters. The van der Waals surface area contributed by atoms with E-state index in [0.29, 0.717) is 13.2 Å². The van der Waals surface area contributed by atoms with Crippen LogP contribution in [0.15, 0.2) is 23.2 Å². The molecule has 22 heavy (non-hydrogen) atoms. The molecule has 0 aliphatic heterocycles. The van der Waals surface area contributed by atoms with Gasteiger partial charge in [0, 0.05) is 45.4 Å². The SMILES string of the molecule is CCOCCNC(=NC)N(C)Cc1ccc(OC)cc1OC. The standard InChI is InChI=1S/C16H27N3O3/c1-6-22-10-9-18-16(17-2)19(3)12-13-7-8-14(20-4)11-15(13)21-5/h7-8,11H,6,9-10,12H2,1-5H3,(H,17,18). The van der Waals surface area contributed by atoms with Crippen molar-refractivity contribution in [2.24, 2.45) is 4.99 Å². The fraction of sp³-hybridized carbons (Fsp3) is 0.562. The van der Waals surface area contributed by atoms with Crippen LogP contribution >= 0.6 is 0 Å². The fourth-order valence-corrected chi connectivity index (χ4v) is 2.08. The number of benzene rings is 1. The van der Waals surface area contributed by atoms with Crippen molar-refractivity contribution in [1.29, 1.82) is 0 Å². The highest BCUT2D eigenvalue weighted by Crippen LogP contribution is 2.25. The smallest absolute Gasteiger partial charge is 0.193 e. The van der Waals surface area contributed by atoms with Crippen molar-refractivity contribution in [3.63, 3.8) is 0 Å². The minimum absolute atomic E-state index is 0.662. The van der Waals surface area contributed by atoms with Crippen molar-refractivity contribution in [2.75, 3.05) is 48.1 Å². The zero-order valence-corrected chi connectivity index (χ0v) is 14.2. The quantitative estimate of drug-likeness (QED) is 0.450. The second-order valence-electron chi connectivity index (χ2n) is 4.70. The predicted molar refractivity (Wildman–Crippen MR) is 88.9 cm³/mol. The minimum atomic E-state index is 0.662. The highest BCUT2D eigenvalue weighted by atomic mass is 16.5. The van der Waals surface area contributed by atoms with Gasteiger partial charge in [-0.25, -0.2) is 0 Å². The van der Waals surface area contributed by atoms with E-state index in [1.165, 1.54) is 0 Å². The molecule has 0 aliphatic rings. The Hall–Kier alpha value is -1.95. The van der Waals surface area contributed by atoms with Crippen LogP contribution in [0.2, 0.25) is 0 Å². The Kier molecular flexibility index (Phi) is 8.14. The van der Waals surface area contributed by atoms with E-state index in [0.717, 1.165) is 36.2 Å². The monoisotopic (exact) mass is 309 g/mol. The van der Waals surface area contributed by atoms with E-state index in [1.807, 2.05) is 37.1 Å². The molecule has 0 fully saturated rings. The Morgan fingerprint density at radius 3 is 2.64 bits per heavy atom. The molecular weight excluding hydrogens is 282 g/mol. The van der Waals surface area contributed by atoms with Crippen molar-refractivity contribution < 1.29 is 14.2 Å². The highest BCUT2D eigenvalue weighted by Gasteiger charge is 2.11. The van der Waals surface area contributed by atoms with Gasteiger partial charge in [0.2, 0.25) is 0 Å². The van der Waals surface area contributed by atoms with E-state index < -0.39 is 0 Å². The first-order valence-electron chi connectivity index (χ1n) is 7.36. The van der Waals surface area contributed by atoms with Gasteiger partial charge in [0.1, 0.15) is 11.5 Å². The molecule has 0 heterocycles. The molecule has 0 amide bonds. The number of guanidine groups is 1. The van der Waals surface area contributed by atoms with Crippen LogP contribution in [0.25, 0.3) is 0 Å². The van der Waals surface area contributed by atoms with Gasteiger partial charge in [0.05, 0.1) is 20.8 Å². The summed E-state index contributed by atoms with van der Waals surface area (Å²) >= 11 is 0. The molecule has 0 atom stereocenters. The summed E-state index contributed by atoms with van der Waals surface area (Å²) in [6, 6.07) is 5.81. The molecule has 0 saturated carbocycles. The third-order valence-electron chi connectivity index (χ3n) is 3.21. The van der Waals surface area contributed by atoms with Crippen molar-refractivity contribution in [2.45, 2.75) is 13.5 Å². The predicted octanol–water partition coefficient (Wildman–Crippen LogP) is 1.75. The maximum atomic E-state index is 5.43. The number of rotatable bonds is 8. The van der Waals surface area contributed by atoms with Gasteiger partial charge in [0.15, 0.2) is 5.96 Å². The van der Waals surface area contributed by atoms with Gasteiger partial charge < -0.3 is 24.4 Å². The second-order valence-corrected chi connectivity index (χ2v) is 4.70. The van der Waals surface area contributed by atoms with Gasteiger partial charge >= 0.3 is 0 Å². The van der Waals surface area contributed by atoms with Gasteiger partial charge in [-0.15, -0.1) is 0 Å². The van der Waals surface area contributed by atoms with E-state index >= 15 is 0 Å². The van der Waals surface area contributed by atoms with Crippen LogP contribution in [0.4, 0.5) is 0 Å². The summed E-state index contributed by atoms with van der Waals surface area (Å²) < 4.78 is 16.0.